The van der Waals surface area contributed by atoms with Crippen molar-refractivity contribution < 1.29 is 26.4 Å². The number of benzene rings is 2. The van der Waals surface area contributed by atoms with Crippen molar-refractivity contribution in [3.8, 4) is 16.9 Å². The lowest BCUT2D eigenvalue weighted by atomic mass is 10.0. The first-order valence-electron chi connectivity index (χ1n) is 11.0. The smallest absolute Gasteiger partial charge is 0.366 e. The molecule has 2 aromatic heterocycles. The number of para-hydroxylation sites is 1. The molecule has 0 spiro atoms. The minimum Gasteiger partial charge on any atom is -0.366 e. The summed E-state index contributed by atoms with van der Waals surface area (Å²) < 4.78 is 68.8. The highest BCUT2D eigenvalue weighted by Crippen LogP contribution is 2.44. The topological polar surface area (TPSA) is 107 Å². The fraction of sp³-hybridized carbons (Fsp3) is 0.200. The molecule has 0 unspecified atom stereocenters. The van der Waals surface area contributed by atoms with Crippen molar-refractivity contribution in [3.05, 3.63) is 78.0 Å². The number of alkyl halides is 3. The predicted octanol–water partition coefficient (Wildman–Crippen LogP) is 5.10. The van der Waals surface area contributed by atoms with Gasteiger partial charge in [-0.15, -0.1) is 0 Å². The predicted molar refractivity (Wildman–Crippen MR) is 130 cm³/mol. The highest BCUT2D eigenvalue weighted by Gasteiger charge is 2.50. The number of aromatic nitrogens is 2. The summed E-state index contributed by atoms with van der Waals surface area (Å²) in [6.07, 6.45) is -2.80. The van der Waals surface area contributed by atoms with Gasteiger partial charge in [0.15, 0.2) is 0 Å². The molecule has 3 N–H and O–H groups in total. The average Bonchev–Trinajstić information content (AvgIpc) is 3.49. The van der Waals surface area contributed by atoms with Gasteiger partial charge >= 0.3 is 6.18 Å². The average molecular weight is 515 g/mol. The number of carbonyl (C=O) groups is 1. The van der Waals surface area contributed by atoms with Gasteiger partial charge in [0.2, 0.25) is 10.0 Å². The van der Waals surface area contributed by atoms with Crippen LogP contribution in [0.2, 0.25) is 0 Å². The second-order valence-electron chi connectivity index (χ2n) is 8.98. The van der Waals surface area contributed by atoms with Crippen molar-refractivity contribution in [2.24, 2.45) is 5.73 Å². The van der Waals surface area contributed by atoms with E-state index in [4.69, 9.17) is 5.73 Å². The molecule has 0 saturated heterocycles. The van der Waals surface area contributed by atoms with Crippen molar-refractivity contribution >= 4 is 32.7 Å². The number of nitrogens with zero attached hydrogens (tertiary/aromatic N) is 2. The molecule has 5 rings (SSSR count). The van der Waals surface area contributed by atoms with Gasteiger partial charge in [-0.25, -0.2) is 13.4 Å². The van der Waals surface area contributed by atoms with Crippen molar-refractivity contribution in [2.75, 3.05) is 4.72 Å². The van der Waals surface area contributed by atoms with Crippen LogP contribution in [0.4, 0.5) is 18.9 Å². The van der Waals surface area contributed by atoms with Crippen LogP contribution in [0, 0.1) is 0 Å². The van der Waals surface area contributed by atoms with Gasteiger partial charge in [0.05, 0.1) is 21.6 Å². The summed E-state index contributed by atoms with van der Waals surface area (Å²) in [7, 11) is -3.58. The van der Waals surface area contributed by atoms with Crippen molar-refractivity contribution in [2.45, 2.75) is 30.7 Å². The van der Waals surface area contributed by atoms with E-state index in [0.717, 1.165) is 6.07 Å². The van der Waals surface area contributed by atoms with E-state index in [9.17, 15) is 26.4 Å². The second kappa shape index (κ2) is 8.09. The Morgan fingerprint density at radius 1 is 1.08 bits per heavy atom. The first-order valence-corrected chi connectivity index (χ1v) is 12.5. The Balaban J connectivity index is 1.71. The number of anilines is 1. The first kappa shape index (κ1) is 23.9. The number of rotatable bonds is 6. The van der Waals surface area contributed by atoms with Crippen LogP contribution < -0.4 is 10.5 Å². The summed E-state index contributed by atoms with van der Waals surface area (Å²) in [6.45, 7) is 1.67. The molecule has 0 aliphatic heterocycles. The monoisotopic (exact) mass is 514 g/mol. The molecule has 11 heteroatoms. The molecule has 0 radical (unpaired) electrons. The van der Waals surface area contributed by atoms with Gasteiger partial charge < -0.3 is 5.73 Å². The fourth-order valence-corrected chi connectivity index (χ4v) is 5.42. The van der Waals surface area contributed by atoms with Crippen LogP contribution in [0.15, 0.2) is 66.9 Å². The number of fused-ring (bicyclic) bond motifs is 1. The Morgan fingerprint density at radius 2 is 1.72 bits per heavy atom. The highest BCUT2D eigenvalue weighted by molar-refractivity contribution is 7.94. The Kier molecular flexibility index (Phi) is 5.36. The molecule has 0 atom stereocenters. The molecule has 4 aromatic rings. The number of hydrogen-bond acceptors (Lipinski definition) is 4. The first-order chi connectivity index (χ1) is 16.9. The summed E-state index contributed by atoms with van der Waals surface area (Å²) in [5.74, 6) is -0.919. The molecule has 186 valence electrons. The zero-order chi connectivity index (χ0) is 25.9. The second-order valence-corrected chi connectivity index (χ2v) is 11.2. The third-order valence-corrected chi connectivity index (χ3v) is 8.62. The molecule has 2 aromatic carbocycles. The van der Waals surface area contributed by atoms with Crippen LogP contribution in [0.3, 0.4) is 0 Å². The van der Waals surface area contributed by atoms with Crippen LogP contribution in [-0.2, 0) is 16.2 Å². The Morgan fingerprint density at radius 3 is 2.28 bits per heavy atom. The normalized spacial score (nSPS) is 15.1. The van der Waals surface area contributed by atoms with Crippen LogP contribution >= 0.6 is 0 Å². The maximum atomic E-state index is 13.5. The summed E-state index contributed by atoms with van der Waals surface area (Å²) in [6, 6.07) is 15.8. The number of carbonyl (C=O) groups excluding carboxylic acids is 1. The number of nitrogens with two attached hydrogens (primary N) is 1. The van der Waals surface area contributed by atoms with E-state index in [-0.39, 0.29) is 22.3 Å². The number of sulfonamides is 1. The molecule has 36 heavy (non-hydrogen) atoms. The largest absolute Gasteiger partial charge is 0.417 e. The molecule has 2 heterocycles. The van der Waals surface area contributed by atoms with Gasteiger partial charge in [-0.1, -0.05) is 30.3 Å². The molecular formula is C25H21F3N4O3S. The van der Waals surface area contributed by atoms with Crippen LogP contribution in [0.5, 0.6) is 0 Å². The van der Waals surface area contributed by atoms with E-state index in [2.05, 4.69) is 9.71 Å². The van der Waals surface area contributed by atoms with Crippen molar-refractivity contribution in [1.29, 1.82) is 0 Å². The number of pyridine rings is 1. The SMILES string of the molecule is CC1(S(=O)(=O)Nc2ccc(-c3c(C(N)=O)c4cc(C(F)(F)F)cnc4n3-c3ccccc3)cc2)CC1. The van der Waals surface area contributed by atoms with Gasteiger partial charge in [-0.05, 0) is 55.7 Å². The van der Waals surface area contributed by atoms with E-state index in [1.807, 2.05) is 0 Å². The summed E-state index contributed by atoms with van der Waals surface area (Å²) >= 11 is 0. The van der Waals surface area contributed by atoms with Crippen molar-refractivity contribution in [3.63, 3.8) is 0 Å². The van der Waals surface area contributed by atoms with Crippen LogP contribution in [0.1, 0.15) is 35.7 Å². The zero-order valence-corrected chi connectivity index (χ0v) is 19.8. The van der Waals surface area contributed by atoms with E-state index in [1.165, 1.54) is 12.1 Å². The lowest BCUT2D eigenvalue weighted by molar-refractivity contribution is -0.137. The molecule has 0 bridgehead atoms. The quantitative estimate of drug-likeness (QED) is 0.373. The molecular weight excluding hydrogens is 493 g/mol. The van der Waals surface area contributed by atoms with Crippen LogP contribution in [-0.4, -0.2) is 28.6 Å². The van der Waals surface area contributed by atoms with Gasteiger partial charge in [0.1, 0.15) is 5.65 Å². The fourth-order valence-electron chi connectivity index (χ4n) is 4.09. The summed E-state index contributed by atoms with van der Waals surface area (Å²) in [5, 5.41) is -0.0392. The number of halogens is 3. The Labute approximate surface area is 204 Å². The van der Waals surface area contributed by atoms with E-state index in [1.54, 1.807) is 54.0 Å². The Bertz CT molecular complexity index is 1590. The number of amides is 1. The third-order valence-electron chi connectivity index (χ3n) is 6.41. The molecule has 7 nitrogen and oxygen atoms in total. The third kappa shape index (κ3) is 3.98. The summed E-state index contributed by atoms with van der Waals surface area (Å²) in [4.78, 5) is 16.7. The van der Waals surface area contributed by atoms with Gasteiger partial charge in [-0.3, -0.25) is 14.1 Å². The lowest BCUT2D eigenvalue weighted by Gasteiger charge is -2.15. The molecule has 1 saturated carbocycles. The zero-order valence-electron chi connectivity index (χ0n) is 19.0. The van der Waals surface area contributed by atoms with Gasteiger partial charge in [0.25, 0.3) is 5.91 Å². The number of primary amides is 1. The minimum atomic E-state index is -4.66. The van der Waals surface area contributed by atoms with Gasteiger partial charge in [-0.2, -0.15) is 13.2 Å². The Hall–Kier alpha value is -3.86. The van der Waals surface area contributed by atoms with E-state index >= 15 is 0 Å². The highest BCUT2D eigenvalue weighted by atomic mass is 32.2. The number of hydrogen-bond donors (Lipinski definition) is 2. The lowest BCUT2D eigenvalue weighted by Crippen LogP contribution is -2.26. The van der Waals surface area contributed by atoms with Gasteiger partial charge in [0, 0.05) is 23.0 Å². The summed E-state index contributed by atoms with van der Waals surface area (Å²) in [5.41, 5.74) is 6.27. The number of nitrogens with one attached hydrogen (secondary N) is 1. The maximum Gasteiger partial charge on any atom is 0.417 e. The maximum absolute atomic E-state index is 13.5. The van der Waals surface area contributed by atoms with Crippen LogP contribution in [0.25, 0.3) is 28.0 Å². The van der Waals surface area contributed by atoms with E-state index < -0.39 is 32.4 Å². The molecule has 1 amide bonds. The standard InChI is InChI=1S/C25H21F3N4O3S/c1-24(11-12-24)36(34,35)31-17-9-7-15(8-10-17)21-20(22(29)33)19-13-16(25(26,27)28)14-30-23(19)32(21)18-5-3-2-4-6-18/h2-10,13-14,31H,11-12H2,1H3,(H2,29,33). The minimum absolute atomic E-state index is 0.0392. The molecule has 1 fully saturated rings. The van der Waals surface area contributed by atoms with E-state index in [0.29, 0.717) is 36.0 Å². The molecule has 1 aliphatic rings. The molecule has 1 aliphatic carbocycles. The van der Waals surface area contributed by atoms with Crippen molar-refractivity contribution in [1.82, 2.24) is 9.55 Å².